The summed E-state index contributed by atoms with van der Waals surface area (Å²) in [6.45, 7) is 4.56. The molecule has 0 fully saturated rings. The van der Waals surface area contributed by atoms with Crippen molar-refractivity contribution in [1.82, 2.24) is 15.6 Å². The van der Waals surface area contributed by atoms with Crippen LogP contribution in [0.3, 0.4) is 0 Å². The number of hydrogen-bond acceptors (Lipinski definition) is 5. The lowest BCUT2D eigenvalue weighted by Gasteiger charge is -2.17. The maximum absolute atomic E-state index is 11.1. The predicted molar refractivity (Wildman–Crippen MR) is 99.4 cm³/mol. The third-order valence-electron chi connectivity index (χ3n) is 2.63. The highest BCUT2D eigenvalue weighted by atomic mass is 127. The molecule has 0 amide bonds. The summed E-state index contributed by atoms with van der Waals surface area (Å²) in [5.41, 5.74) is 0. The van der Waals surface area contributed by atoms with E-state index in [4.69, 9.17) is 0 Å². The molecule has 0 aliphatic carbocycles. The average Bonchev–Trinajstić information content (AvgIpc) is 2.77. The number of guanidine groups is 1. The fraction of sp³-hybridized carbons (Fsp3) is 0.667. The Morgan fingerprint density at radius 2 is 2.19 bits per heavy atom. The number of nitrogens with one attached hydrogen (secondary N) is 2. The summed E-state index contributed by atoms with van der Waals surface area (Å²) < 4.78 is 22.2. The van der Waals surface area contributed by atoms with Crippen molar-refractivity contribution in [1.29, 1.82) is 0 Å². The minimum atomic E-state index is -2.92. The largest absolute Gasteiger partial charge is 0.354 e. The number of aryl methyl sites for hydroxylation is 1. The molecule has 0 aromatic carbocycles. The molecule has 1 unspecified atom stereocenters. The quantitative estimate of drug-likeness (QED) is 0.394. The summed E-state index contributed by atoms with van der Waals surface area (Å²) in [7, 11) is -1.23. The van der Waals surface area contributed by atoms with Crippen LogP contribution in [0.4, 0.5) is 0 Å². The van der Waals surface area contributed by atoms with E-state index in [0.29, 0.717) is 18.9 Å². The van der Waals surface area contributed by atoms with Gasteiger partial charge in [-0.05, 0) is 20.3 Å². The first-order valence-corrected chi connectivity index (χ1v) is 9.24. The van der Waals surface area contributed by atoms with E-state index in [1.54, 1.807) is 18.4 Å². The topological polar surface area (TPSA) is 83.4 Å². The number of hydrogen-bond donors (Lipinski definition) is 2. The normalized spacial score (nSPS) is 13.4. The highest BCUT2D eigenvalue weighted by Crippen LogP contribution is 2.10. The minimum Gasteiger partial charge on any atom is -0.354 e. The second-order valence-corrected chi connectivity index (χ2v) is 8.31. The van der Waals surface area contributed by atoms with Gasteiger partial charge in [-0.1, -0.05) is 0 Å². The third kappa shape index (κ3) is 9.25. The van der Waals surface area contributed by atoms with Crippen molar-refractivity contribution in [2.45, 2.75) is 32.9 Å². The molecule has 0 bridgehead atoms. The lowest BCUT2D eigenvalue weighted by atomic mass is 10.3. The molecule has 1 heterocycles. The predicted octanol–water partition coefficient (Wildman–Crippen LogP) is 1.56. The van der Waals surface area contributed by atoms with Gasteiger partial charge in [0.25, 0.3) is 0 Å². The number of sulfone groups is 1. The molecule has 0 aliphatic heterocycles. The van der Waals surface area contributed by atoms with Crippen molar-refractivity contribution in [2.75, 3.05) is 19.1 Å². The number of halogens is 1. The number of aliphatic imine (C=N–C) groups is 1. The first-order valence-electron chi connectivity index (χ1n) is 6.36. The van der Waals surface area contributed by atoms with Crippen LogP contribution in [-0.2, 0) is 16.4 Å². The third-order valence-corrected chi connectivity index (χ3v) is 4.52. The van der Waals surface area contributed by atoms with E-state index in [1.165, 1.54) is 6.26 Å². The summed E-state index contributed by atoms with van der Waals surface area (Å²) >= 11 is 1.64. The maximum atomic E-state index is 11.1. The zero-order chi connectivity index (χ0) is 15.2. The highest BCUT2D eigenvalue weighted by Gasteiger charge is 2.09. The van der Waals surface area contributed by atoms with Crippen molar-refractivity contribution in [2.24, 2.45) is 4.99 Å². The first kappa shape index (κ1) is 20.6. The molecule has 2 N–H and O–H groups in total. The summed E-state index contributed by atoms with van der Waals surface area (Å²) in [4.78, 5) is 9.45. The summed E-state index contributed by atoms with van der Waals surface area (Å²) in [6, 6.07) is 0.0409. The van der Waals surface area contributed by atoms with Gasteiger partial charge < -0.3 is 10.6 Å². The molecule has 21 heavy (non-hydrogen) atoms. The van der Waals surface area contributed by atoms with Crippen LogP contribution in [0.25, 0.3) is 0 Å². The van der Waals surface area contributed by atoms with E-state index < -0.39 is 9.84 Å². The number of aromatic nitrogens is 1. The van der Waals surface area contributed by atoms with Crippen molar-refractivity contribution >= 4 is 51.1 Å². The van der Waals surface area contributed by atoms with Gasteiger partial charge in [-0.3, -0.25) is 4.99 Å². The van der Waals surface area contributed by atoms with E-state index in [0.717, 1.165) is 9.88 Å². The number of thiazole rings is 1. The number of rotatable bonds is 6. The maximum Gasteiger partial charge on any atom is 0.191 e. The lowest BCUT2D eigenvalue weighted by molar-refractivity contribution is 0.581. The Kier molecular flexibility index (Phi) is 9.38. The fourth-order valence-corrected chi connectivity index (χ4v) is 3.07. The Balaban J connectivity index is 0.00000400. The monoisotopic (exact) mass is 446 g/mol. The molecule has 1 aromatic rings. The molecule has 122 valence electrons. The molecular formula is C12H23IN4O2S2. The van der Waals surface area contributed by atoms with E-state index >= 15 is 0 Å². The van der Waals surface area contributed by atoms with Crippen LogP contribution in [0, 0.1) is 6.92 Å². The van der Waals surface area contributed by atoms with E-state index in [-0.39, 0.29) is 35.8 Å². The summed E-state index contributed by atoms with van der Waals surface area (Å²) in [5, 5.41) is 7.40. The van der Waals surface area contributed by atoms with Crippen LogP contribution in [0.15, 0.2) is 11.2 Å². The average molecular weight is 446 g/mol. The van der Waals surface area contributed by atoms with Crippen LogP contribution >= 0.6 is 35.3 Å². The summed E-state index contributed by atoms with van der Waals surface area (Å²) in [5.74, 6) is 0.837. The molecule has 9 heteroatoms. The second-order valence-electron chi connectivity index (χ2n) is 4.74. The standard InChI is InChI=1S/C12H22N4O2S2.HI/c1-9(5-6-20(4,17)18)16-12(13-3)15-8-11-7-14-10(2)19-11;/h7,9H,5-6,8H2,1-4H3,(H2,13,15,16);1H. The van der Waals surface area contributed by atoms with E-state index in [2.05, 4.69) is 20.6 Å². The van der Waals surface area contributed by atoms with Gasteiger partial charge in [0.2, 0.25) is 0 Å². The van der Waals surface area contributed by atoms with Gasteiger partial charge in [0.15, 0.2) is 5.96 Å². The minimum absolute atomic E-state index is 0. The Morgan fingerprint density at radius 3 is 2.67 bits per heavy atom. The van der Waals surface area contributed by atoms with Gasteiger partial charge in [-0.2, -0.15) is 0 Å². The van der Waals surface area contributed by atoms with Gasteiger partial charge in [-0.25, -0.2) is 13.4 Å². The van der Waals surface area contributed by atoms with Crippen molar-refractivity contribution in [3.05, 3.63) is 16.1 Å². The van der Waals surface area contributed by atoms with Gasteiger partial charge in [0.05, 0.1) is 17.3 Å². The Hall–Kier alpha value is -0.420. The highest BCUT2D eigenvalue weighted by molar-refractivity contribution is 14.0. The molecule has 0 spiro atoms. The van der Waals surface area contributed by atoms with E-state index in [9.17, 15) is 8.42 Å². The van der Waals surface area contributed by atoms with Gasteiger partial charge >= 0.3 is 0 Å². The fourth-order valence-electron chi connectivity index (χ4n) is 1.55. The van der Waals surface area contributed by atoms with E-state index in [1.807, 2.05) is 20.0 Å². The molecule has 6 nitrogen and oxygen atoms in total. The molecule has 0 saturated heterocycles. The Bertz CT molecular complexity index is 557. The number of nitrogens with zero attached hydrogens (tertiary/aromatic N) is 2. The molecule has 0 saturated carbocycles. The van der Waals surface area contributed by atoms with Crippen LogP contribution in [-0.4, -0.2) is 44.5 Å². The van der Waals surface area contributed by atoms with Gasteiger partial charge in [-0.15, -0.1) is 35.3 Å². The lowest BCUT2D eigenvalue weighted by Crippen LogP contribution is -2.42. The van der Waals surface area contributed by atoms with Crippen LogP contribution in [0.1, 0.15) is 23.2 Å². The molecule has 1 aromatic heterocycles. The van der Waals surface area contributed by atoms with Crippen molar-refractivity contribution in [3.8, 4) is 0 Å². The Morgan fingerprint density at radius 1 is 1.52 bits per heavy atom. The Labute approximate surface area is 147 Å². The van der Waals surface area contributed by atoms with Crippen LogP contribution in [0.2, 0.25) is 0 Å². The first-order chi connectivity index (χ1) is 9.30. The molecule has 0 aliphatic rings. The second kappa shape index (κ2) is 9.57. The SMILES string of the molecule is CN=C(NCc1cnc(C)s1)NC(C)CCS(C)(=O)=O.I. The summed E-state index contributed by atoms with van der Waals surface area (Å²) in [6.07, 6.45) is 3.64. The van der Waals surface area contributed by atoms with Gasteiger partial charge in [0, 0.05) is 30.4 Å². The molecule has 1 atom stereocenters. The van der Waals surface area contributed by atoms with Crippen molar-refractivity contribution < 1.29 is 8.42 Å². The zero-order valence-corrected chi connectivity index (χ0v) is 16.7. The zero-order valence-electron chi connectivity index (χ0n) is 12.7. The van der Waals surface area contributed by atoms with Crippen molar-refractivity contribution in [3.63, 3.8) is 0 Å². The molecule has 0 radical (unpaired) electrons. The van der Waals surface area contributed by atoms with Gasteiger partial charge in [0.1, 0.15) is 9.84 Å². The molecule has 1 rings (SSSR count). The van der Waals surface area contributed by atoms with Crippen LogP contribution < -0.4 is 10.6 Å². The smallest absolute Gasteiger partial charge is 0.191 e. The van der Waals surface area contributed by atoms with Crippen LogP contribution in [0.5, 0.6) is 0 Å². The molecular weight excluding hydrogens is 423 g/mol.